The lowest BCUT2D eigenvalue weighted by Gasteiger charge is -1.99. The van der Waals surface area contributed by atoms with Crippen LogP contribution in [0.1, 0.15) is 26.7 Å². The van der Waals surface area contributed by atoms with E-state index in [1.54, 1.807) is 6.08 Å². The quantitative estimate of drug-likeness (QED) is 0.369. The Kier molecular flexibility index (Phi) is 20.1. The highest BCUT2D eigenvalue weighted by Crippen LogP contribution is 1.92. The maximum absolute atomic E-state index is 10.5. The van der Waals surface area contributed by atoms with Gasteiger partial charge < -0.3 is 25.2 Å². The van der Waals surface area contributed by atoms with Crippen LogP contribution in [0, 0.1) is 5.92 Å². The molecule has 0 spiro atoms. The molecule has 9 heteroatoms. The fraction of sp³-hybridized carbons (Fsp3) is 0.467. The number of aliphatic carboxylic acids is 3. The van der Waals surface area contributed by atoms with Crippen LogP contribution < -0.4 is 0 Å². The summed E-state index contributed by atoms with van der Waals surface area (Å²) in [5, 5.41) is 32.0. The van der Waals surface area contributed by atoms with Crippen LogP contribution in [0.25, 0.3) is 0 Å². The standard InChI is InChI=1S/C6H10O5.C6H10O2.C3H4O2/c7-3-4-11-6(10)2-1-5(8)9;1-5(2)3-4-6(7)8;1-2-3(4)5/h7H,1-4H2,(H,8,9);3-5H,1-2H3,(H,7,8);2H,1H2,(H,4,5). The minimum atomic E-state index is -1.04. The first-order valence-corrected chi connectivity index (χ1v) is 6.81. The van der Waals surface area contributed by atoms with Crippen LogP contribution >= 0.6 is 0 Å². The monoisotopic (exact) mass is 348 g/mol. The molecule has 0 amide bonds. The fourth-order valence-corrected chi connectivity index (χ4v) is 0.715. The van der Waals surface area contributed by atoms with Crippen molar-refractivity contribution >= 4 is 23.9 Å². The molecule has 138 valence electrons. The van der Waals surface area contributed by atoms with Crippen molar-refractivity contribution in [2.75, 3.05) is 13.2 Å². The van der Waals surface area contributed by atoms with Crippen LogP contribution in [0.3, 0.4) is 0 Å². The molecule has 0 aromatic carbocycles. The van der Waals surface area contributed by atoms with E-state index in [2.05, 4.69) is 11.3 Å². The van der Waals surface area contributed by atoms with Gasteiger partial charge in [-0.25, -0.2) is 9.59 Å². The molecule has 0 saturated heterocycles. The van der Waals surface area contributed by atoms with Gasteiger partial charge in [0.2, 0.25) is 0 Å². The minimum absolute atomic E-state index is 0.0710. The van der Waals surface area contributed by atoms with Crippen LogP contribution in [0.15, 0.2) is 24.8 Å². The molecule has 0 heterocycles. The molecule has 0 aromatic heterocycles. The van der Waals surface area contributed by atoms with Gasteiger partial charge in [-0.05, 0) is 5.92 Å². The Morgan fingerprint density at radius 2 is 1.54 bits per heavy atom. The van der Waals surface area contributed by atoms with Crippen molar-refractivity contribution in [3.63, 3.8) is 0 Å². The zero-order valence-electron chi connectivity index (χ0n) is 13.7. The van der Waals surface area contributed by atoms with E-state index < -0.39 is 23.9 Å². The van der Waals surface area contributed by atoms with Crippen molar-refractivity contribution in [2.24, 2.45) is 5.92 Å². The Hall–Kier alpha value is -2.68. The summed E-state index contributed by atoms with van der Waals surface area (Å²) in [5.41, 5.74) is 0. The third-order valence-corrected chi connectivity index (χ3v) is 1.70. The number of aliphatic hydroxyl groups excluding tert-OH is 1. The van der Waals surface area contributed by atoms with E-state index in [-0.39, 0.29) is 26.1 Å². The van der Waals surface area contributed by atoms with E-state index in [0.29, 0.717) is 5.92 Å². The van der Waals surface area contributed by atoms with E-state index in [0.717, 1.165) is 12.2 Å². The highest BCUT2D eigenvalue weighted by molar-refractivity contribution is 5.79. The van der Waals surface area contributed by atoms with Gasteiger partial charge in [-0.1, -0.05) is 26.5 Å². The maximum Gasteiger partial charge on any atom is 0.327 e. The Morgan fingerprint density at radius 3 is 1.79 bits per heavy atom. The van der Waals surface area contributed by atoms with Gasteiger partial charge >= 0.3 is 23.9 Å². The van der Waals surface area contributed by atoms with Crippen LogP contribution in [0.4, 0.5) is 0 Å². The first-order valence-electron chi connectivity index (χ1n) is 6.81. The van der Waals surface area contributed by atoms with Crippen molar-refractivity contribution < 1.29 is 44.3 Å². The fourth-order valence-electron chi connectivity index (χ4n) is 0.715. The summed E-state index contributed by atoms with van der Waals surface area (Å²) in [6, 6.07) is 0. The van der Waals surface area contributed by atoms with Gasteiger partial charge in [-0.15, -0.1) is 0 Å². The zero-order valence-corrected chi connectivity index (χ0v) is 13.7. The van der Waals surface area contributed by atoms with E-state index in [1.807, 2.05) is 13.8 Å². The lowest BCUT2D eigenvalue weighted by Crippen LogP contribution is -2.10. The van der Waals surface area contributed by atoms with E-state index in [9.17, 15) is 19.2 Å². The van der Waals surface area contributed by atoms with Gasteiger partial charge in [-0.3, -0.25) is 9.59 Å². The van der Waals surface area contributed by atoms with E-state index >= 15 is 0 Å². The van der Waals surface area contributed by atoms with Crippen LogP contribution in [-0.2, 0) is 23.9 Å². The van der Waals surface area contributed by atoms with Gasteiger partial charge in [0.25, 0.3) is 0 Å². The van der Waals surface area contributed by atoms with E-state index in [1.165, 1.54) is 0 Å². The number of aliphatic hydroxyl groups is 1. The minimum Gasteiger partial charge on any atom is -0.481 e. The number of carboxylic acid groups (broad SMARTS) is 3. The highest BCUT2D eigenvalue weighted by atomic mass is 16.5. The molecule has 0 aromatic rings. The summed E-state index contributed by atoms with van der Waals surface area (Å²) >= 11 is 0. The summed E-state index contributed by atoms with van der Waals surface area (Å²) in [5.74, 6) is -3.16. The predicted octanol–water partition coefficient (Wildman–Crippen LogP) is 0.927. The molecule has 0 aliphatic carbocycles. The number of hydrogen-bond acceptors (Lipinski definition) is 6. The van der Waals surface area contributed by atoms with Crippen LogP contribution in [0.2, 0.25) is 0 Å². The average Bonchev–Trinajstić information content (AvgIpc) is 2.50. The molecule has 0 bridgehead atoms. The van der Waals surface area contributed by atoms with Crippen molar-refractivity contribution in [3.05, 3.63) is 24.8 Å². The molecule has 24 heavy (non-hydrogen) atoms. The Balaban J connectivity index is -0.000000298. The van der Waals surface area contributed by atoms with Crippen LogP contribution in [0.5, 0.6) is 0 Å². The van der Waals surface area contributed by atoms with Crippen molar-refractivity contribution in [3.8, 4) is 0 Å². The van der Waals surface area contributed by atoms with Gasteiger partial charge in [-0.2, -0.15) is 0 Å². The maximum atomic E-state index is 10.5. The smallest absolute Gasteiger partial charge is 0.327 e. The number of carbonyl (C=O) groups excluding carboxylic acids is 1. The first-order chi connectivity index (χ1) is 11.1. The largest absolute Gasteiger partial charge is 0.481 e. The molecule has 0 rings (SSSR count). The Morgan fingerprint density at radius 1 is 1.04 bits per heavy atom. The molecule has 0 atom stereocenters. The molecule has 0 saturated carbocycles. The molecule has 0 fully saturated rings. The molecule has 0 unspecified atom stereocenters. The number of carboxylic acids is 3. The van der Waals surface area contributed by atoms with Crippen molar-refractivity contribution in [1.82, 2.24) is 0 Å². The number of ether oxygens (including phenoxy) is 1. The van der Waals surface area contributed by atoms with E-state index in [4.69, 9.17) is 20.4 Å². The third-order valence-electron chi connectivity index (χ3n) is 1.70. The van der Waals surface area contributed by atoms with Gasteiger partial charge in [0.05, 0.1) is 19.4 Å². The molecule has 0 aliphatic heterocycles. The second-order valence-electron chi connectivity index (χ2n) is 4.32. The van der Waals surface area contributed by atoms with Crippen LogP contribution in [-0.4, -0.2) is 57.5 Å². The predicted molar refractivity (Wildman–Crippen MR) is 84.4 cm³/mol. The summed E-state index contributed by atoms with van der Waals surface area (Å²) in [6.07, 6.45) is 3.26. The lowest BCUT2D eigenvalue weighted by molar-refractivity contribution is -0.148. The van der Waals surface area contributed by atoms with Gasteiger partial charge in [0, 0.05) is 12.2 Å². The van der Waals surface area contributed by atoms with Gasteiger partial charge in [0.15, 0.2) is 0 Å². The van der Waals surface area contributed by atoms with Gasteiger partial charge in [0.1, 0.15) is 6.61 Å². The van der Waals surface area contributed by atoms with Crippen molar-refractivity contribution in [2.45, 2.75) is 26.7 Å². The number of allylic oxidation sites excluding steroid dienone is 1. The zero-order chi connectivity index (χ0) is 19.5. The number of esters is 1. The number of carbonyl (C=O) groups is 4. The summed E-state index contributed by atoms with van der Waals surface area (Å²) in [7, 11) is 0. The summed E-state index contributed by atoms with van der Waals surface area (Å²) < 4.78 is 4.39. The molecule has 9 nitrogen and oxygen atoms in total. The second-order valence-corrected chi connectivity index (χ2v) is 4.32. The Labute approximate surface area is 139 Å². The normalized spacial score (nSPS) is 9.17. The average molecular weight is 348 g/mol. The highest BCUT2D eigenvalue weighted by Gasteiger charge is 2.05. The second kappa shape index (κ2) is 18.4. The third kappa shape index (κ3) is 36.5. The summed E-state index contributed by atoms with van der Waals surface area (Å²) in [6.45, 7) is 6.51. The molecule has 4 N–H and O–H groups in total. The number of hydrogen-bond donors (Lipinski definition) is 4. The Bertz CT molecular complexity index is 425. The lowest BCUT2D eigenvalue weighted by atomic mass is 10.2. The van der Waals surface area contributed by atoms with Crippen molar-refractivity contribution in [1.29, 1.82) is 0 Å². The molecular formula is C15H24O9. The SMILES string of the molecule is C=CC(=O)O.CC(C)C=CC(=O)O.O=C(O)CCC(=O)OCCO. The first kappa shape index (κ1) is 26.2. The topological polar surface area (TPSA) is 158 Å². The molecular weight excluding hydrogens is 324 g/mol. The molecule has 0 radical (unpaired) electrons. The molecule has 0 aliphatic rings. The number of rotatable bonds is 8. The summed E-state index contributed by atoms with van der Waals surface area (Å²) in [4.78, 5) is 39.5.